The zero-order valence-electron chi connectivity index (χ0n) is 17.0. The maximum absolute atomic E-state index is 13.0. The van der Waals surface area contributed by atoms with Crippen molar-refractivity contribution < 1.29 is 14.3 Å². The predicted molar refractivity (Wildman–Crippen MR) is 111 cm³/mol. The van der Waals surface area contributed by atoms with E-state index in [4.69, 9.17) is 4.74 Å². The number of nitrogens with zero attached hydrogens (tertiary/aromatic N) is 1. The van der Waals surface area contributed by atoms with Gasteiger partial charge in [-0.15, -0.1) is 0 Å². The van der Waals surface area contributed by atoms with Gasteiger partial charge in [0.25, 0.3) is 5.91 Å². The highest BCUT2D eigenvalue weighted by Gasteiger charge is 2.29. The molecule has 0 spiro atoms. The molecule has 2 rings (SSSR count). The number of aryl methyl sites for hydroxylation is 1. The molecule has 0 saturated heterocycles. The third-order valence-electron chi connectivity index (χ3n) is 4.64. The van der Waals surface area contributed by atoms with Crippen molar-refractivity contribution in [3.8, 4) is 5.75 Å². The number of ether oxygens (including phenoxy) is 1. The summed E-state index contributed by atoms with van der Waals surface area (Å²) in [5.41, 5.74) is 2.12. The Morgan fingerprint density at radius 2 is 1.71 bits per heavy atom. The van der Waals surface area contributed by atoms with E-state index in [1.165, 1.54) is 0 Å². The number of hydrogen-bond donors (Lipinski definition) is 1. The number of amides is 2. The fourth-order valence-electron chi connectivity index (χ4n) is 3.00. The summed E-state index contributed by atoms with van der Waals surface area (Å²) in [4.78, 5) is 27.3. The number of benzene rings is 2. The second-order valence-corrected chi connectivity index (χ2v) is 6.76. The van der Waals surface area contributed by atoms with E-state index in [2.05, 4.69) is 5.32 Å². The van der Waals surface area contributed by atoms with E-state index < -0.39 is 6.04 Å². The maximum Gasteiger partial charge on any atom is 0.261 e. The van der Waals surface area contributed by atoms with E-state index >= 15 is 0 Å². The Hall–Kier alpha value is -2.82. The van der Waals surface area contributed by atoms with Gasteiger partial charge in [-0.05, 0) is 43.0 Å². The van der Waals surface area contributed by atoms with Crippen molar-refractivity contribution in [3.63, 3.8) is 0 Å². The standard InChI is InChI=1S/C23H30N2O3/c1-4-15-24-23(27)21(5-2)25(16-19-12-10-9-11-18(19)3)22(26)17-28-20-13-7-6-8-14-20/h6-14,21H,4-5,15-17H2,1-3H3,(H,24,27). The Balaban J connectivity index is 2.19. The van der Waals surface area contributed by atoms with Crippen molar-refractivity contribution in [3.05, 3.63) is 65.7 Å². The van der Waals surface area contributed by atoms with Crippen LogP contribution in [0.5, 0.6) is 5.75 Å². The van der Waals surface area contributed by atoms with Gasteiger partial charge in [0, 0.05) is 13.1 Å². The van der Waals surface area contributed by atoms with Crippen LogP contribution in [0, 0.1) is 6.92 Å². The molecular formula is C23H30N2O3. The van der Waals surface area contributed by atoms with E-state index in [9.17, 15) is 9.59 Å². The molecule has 0 fully saturated rings. The third-order valence-corrected chi connectivity index (χ3v) is 4.64. The molecule has 5 nitrogen and oxygen atoms in total. The van der Waals surface area contributed by atoms with Crippen molar-refractivity contribution >= 4 is 11.8 Å². The number of hydrogen-bond acceptors (Lipinski definition) is 3. The van der Waals surface area contributed by atoms with Crippen molar-refractivity contribution in [1.29, 1.82) is 0 Å². The fraction of sp³-hybridized carbons (Fsp3) is 0.391. The van der Waals surface area contributed by atoms with Crippen LogP contribution in [0.25, 0.3) is 0 Å². The minimum atomic E-state index is -0.530. The summed E-state index contributed by atoms with van der Waals surface area (Å²) < 4.78 is 5.65. The van der Waals surface area contributed by atoms with Crippen molar-refractivity contribution in [2.45, 2.75) is 46.2 Å². The van der Waals surface area contributed by atoms with E-state index in [-0.39, 0.29) is 18.4 Å². The lowest BCUT2D eigenvalue weighted by molar-refractivity contribution is -0.143. The SMILES string of the molecule is CCCNC(=O)C(CC)N(Cc1ccccc1C)C(=O)COc1ccccc1. The molecule has 0 saturated carbocycles. The summed E-state index contributed by atoms with van der Waals surface area (Å²) in [7, 11) is 0. The van der Waals surface area contributed by atoms with Crippen LogP contribution in [-0.4, -0.2) is 35.9 Å². The van der Waals surface area contributed by atoms with Gasteiger partial charge < -0.3 is 15.0 Å². The van der Waals surface area contributed by atoms with Gasteiger partial charge in [0.1, 0.15) is 11.8 Å². The predicted octanol–water partition coefficient (Wildman–Crippen LogP) is 3.71. The van der Waals surface area contributed by atoms with E-state index in [0.717, 1.165) is 17.5 Å². The molecule has 1 atom stereocenters. The minimum absolute atomic E-state index is 0.104. The van der Waals surface area contributed by atoms with Crippen LogP contribution in [0.3, 0.4) is 0 Å². The molecule has 5 heteroatoms. The van der Waals surface area contributed by atoms with Crippen LogP contribution in [0.15, 0.2) is 54.6 Å². The van der Waals surface area contributed by atoms with Gasteiger partial charge in [-0.2, -0.15) is 0 Å². The first-order valence-corrected chi connectivity index (χ1v) is 9.86. The molecule has 1 N–H and O–H groups in total. The third kappa shape index (κ3) is 6.12. The van der Waals surface area contributed by atoms with E-state index in [0.29, 0.717) is 25.3 Å². The van der Waals surface area contributed by atoms with Gasteiger partial charge in [-0.1, -0.05) is 56.3 Å². The Morgan fingerprint density at radius 3 is 2.36 bits per heavy atom. The number of rotatable bonds is 10. The number of para-hydroxylation sites is 1. The van der Waals surface area contributed by atoms with Gasteiger partial charge in [0.2, 0.25) is 5.91 Å². The molecular weight excluding hydrogens is 352 g/mol. The maximum atomic E-state index is 13.0. The summed E-state index contributed by atoms with van der Waals surface area (Å²) in [6, 6.07) is 16.6. The van der Waals surface area contributed by atoms with Crippen LogP contribution in [0.2, 0.25) is 0 Å². The first-order chi connectivity index (χ1) is 13.6. The highest BCUT2D eigenvalue weighted by molar-refractivity contribution is 5.88. The van der Waals surface area contributed by atoms with Crippen molar-refractivity contribution in [2.75, 3.05) is 13.2 Å². The Bertz CT molecular complexity index is 761. The Morgan fingerprint density at radius 1 is 1.04 bits per heavy atom. The number of nitrogens with one attached hydrogen (secondary N) is 1. The molecule has 0 aromatic heterocycles. The lowest BCUT2D eigenvalue weighted by atomic mass is 10.1. The average Bonchev–Trinajstić information content (AvgIpc) is 2.72. The average molecular weight is 383 g/mol. The van der Waals surface area contributed by atoms with Gasteiger partial charge in [-0.3, -0.25) is 9.59 Å². The second kappa shape index (κ2) is 11.1. The van der Waals surface area contributed by atoms with Crippen molar-refractivity contribution in [1.82, 2.24) is 10.2 Å². The van der Waals surface area contributed by atoms with Gasteiger partial charge in [0.15, 0.2) is 6.61 Å². The summed E-state index contributed by atoms with van der Waals surface area (Å²) in [6.45, 7) is 6.81. The molecule has 2 aromatic carbocycles. The van der Waals surface area contributed by atoms with Crippen LogP contribution < -0.4 is 10.1 Å². The smallest absolute Gasteiger partial charge is 0.261 e. The largest absolute Gasteiger partial charge is 0.484 e. The molecule has 150 valence electrons. The van der Waals surface area contributed by atoms with Gasteiger partial charge in [0.05, 0.1) is 0 Å². The molecule has 0 aliphatic carbocycles. The molecule has 1 unspecified atom stereocenters. The lowest BCUT2D eigenvalue weighted by Gasteiger charge is -2.31. The summed E-state index contributed by atoms with van der Waals surface area (Å²) in [6.07, 6.45) is 1.39. The van der Waals surface area contributed by atoms with E-state index in [1.54, 1.807) is 4.90 Å². The van der Waals surface area contributed by atoms with Crippen LogP contribution in [0.1, 0.15) is 37.8 Å². The Labute approximate surface area is 167 Å². The van der Waals surface area contributed by atoms with Crippen LogP contribution in [0.4, 0.5) is 0 Å². The quantitative estimate of drug-likeness (QED) is 0.681. The molecule has 0 radical (unpaired) electrons. The first-order valence-electron chi connectivity index (χ1n) is 9.86. The van der Waals surface area contributed by atoms with Crippen LogP contribution in [-0.2, 0) is 16.1 Å². The van der Waals surface area contributed by atoms with Crippen molar-refractivity contribution in [2.24, 2.45) is 0 Å². The van der Waals surface area contributed by atoms with Gasteiger partial charge in [-0.25, -0.2) is 0 Å². The normalized spacial score (nSPS) is 11.5. The molecule has 0 aliphatic heterocycles. The highest BCUT2D eigenvalue weighted by Crippen LogP contribution is 2.16. The topological polar surface area (TPSA) is 58.6 Å². The van der Waals surface area contributed by atoms with Gasteiger partial charge >= 0.3 is 0 Å². The van der Waals surface area contributed by atoms with Crippen LogP contribution >= 0.6 is 0 Å². The number of carbonyl (C=O) groups is 2. The lowest BCUT2D eigenvalue weighted by Crippen LogP contribution is -2.50. The summed E-state index contributed by atoms with van der Waals surface area (Å²) in [5.74, 6) is 0.312. The summed E-state index contributed by atoms with van der Waals surface area (Å²) in [5, 5.41) is 2.92. The minimum Gasteiger partial charge on any atom is -0.484 e. The highest BCUT2D eigenvalue weighted by atomic mass is 16.5. The molecule has 28 heavy (non-hydrogen) atoms. The first kappa shape index (κ1) is 21.5. The molecule has 0 bridgehead atoms. The molecule has 0 aliphatic rings. The zero-order valence-corrected chi connectivity index (χ0v) is 17.0. The zero-order chi connectivity index (χ0) is 20.4. The van der Waals surface area contributed by atoms with E-state index in [1.807, 2.05) is 75.4 Å². The monoisotopic (exact) mass is 382 g/mol. The fourth-order valence-corrected chi connectivity index (χ4v) is 3.00. The number of carbonyl (C=O) groups excluding carboxylic acids is 2. The second-order valence-electron chi connectivity index (χ2n) is 6.76. The molecule has 2 aromatic rings. The molecule has 0 heterocycles. The molecule has 2 amide bonds. The summed E-state index contributed by atoms with van der Waals surface area (Å²) >= 11 is 0. The Kier molecular flexibility index (Phi) is 8.53.